The van der Waals surface area contributed by atoms with Gasteiger partial charge in [0, 0.05) is 17.7 Å². The van der Waals surface area contributed by atoms with Gasteiger partial charge in [-0.05, 0) is 23.8 Å². The van der Waals surface area contributed by atoms with Crippen molar-refractivity contribution in [3.8, 4) is 11.4 Å². The van der Waals surface area contributed by atoms with Crippen LogP contribution in [-0.2, 0) is 5.33 Å². The van der Waals surface area contributed by atoms with Crippen molar-refractivity contribution in [2.75, 3.05) is 0 Å². The zero-order valence-corrected chi connectivity index (χ0v) is 9.11. The van der Waals surface area contributed by atoms with Crippen molar-refractivity contribution in [2.24, 2.45) is 0 Å². The van der Waals surface area contributed by atoms with Crippen LogP contribution in [0.1, 0.15) is 5.56 Å². The first-order valence-electron chi connectivity index (χ1n) is 4.33. The van der Waals surface area contributed by atoms with Crippen LogP contribution >= 0.6 is 15.9 Å². The molecule has 0 atom stereocenters. The summed E-state index contributed by atoms with van der Waals surface area (Å²) in [4.78, 5) is 8.60. The zero-order valence-electron chi connectivity index (χ0n) is 7.52. The normalized spacial score (nSPS) is 10.1. The lowest BCUT2D eigenvalue weighted by Gasteiger charge is -2.03. The summed E-state index contributed by atoms with van der Waals surface area (Å²) in [6.07, 6.45) is 3.57. The molecule has 0 saturated heterocycles. The molecule has 0 aliphatic rings. The maximum atomic E-state index is 4.33. The van der Waals surface area contributed by atoms with Crippen LogP contribution in [0.25, 0.3) is 11.4 Å². The van der Waals surface area contributed by atoms with E-state index in [0.717, 1.165) is 22.3 Å². The van der Waals surface area contributed by atoms with Crippen molar-refractivity contribution in [1.29, 1.82) is 0 Å². The Morgan fingerprint density at radius 2 is 1.86 bits per heavy atom. The summed E-state index contributed by atoms with van der Waals surface area (Å²) in [5.41, 5.74) is 3.03. The van der Waals surface area contributed by atoms with Gasteiger partial charge in [0.25, 0.3) is 0 Å². The smallest absolute Gasteiger partial charge is 0.0926 e. The lowest BCUT2D eigenvalue weighted by atomic mass is 10.1. The highest BCUT2D eigenvalue weighted by Gasteiger charge is 2.04. The molecule has 0 aliphatic heterocycles. The molecule has 0 aromatic carbocycles. The van der Waals surface area contributed by atoms with E-state index in [1.54, 1.807) is 12.4 Å². The molecule has 0 aliphatic carbocycles. The monoisotopic (exact) mass is 248 g/mol. The minimum atomic E-state index is 0.798. The molecule has 0 spiro atoms. The Bertz CT molecular complexity index is 415. The summed E-state index contributed by atoms with van der Waals surface area (Å²) >= 11 is 3.44. The molecule has 3 heteroatoms. The highest BCUT2D eigenvalue weighted by Crippen LogP contribution is 2.20. The summed E-state index contributed by atoms with van der Waals surface area (Å²) in [6.45, 7) is 0. The summed E-state index contributed by atoms with van der Waals surface area (Å²) in [6, 6.07) is 9.82. The zero-order chi connectivity index (χ0) is 9.80. The first-order valence-corrected chi connectivity index (χ1v) is 5.45. The van der Waals surface area contributed by atoms with E-state index < -0.39 is 0 Å². The molecule has 2 nitrogen and oxygen atoms in total. The fraction of sp³-hybridized carbons (Fsp3) is 0.0909. The second kappa shape index (κ2) is 4.33. The van der Waals surface area contributed by atoms with Gasteiger partial charge in [-0.3, -0.25) is 9.97 Å². The summed E-state index contributed by atoms with van der Waals surface area (Å²) in [7, 11) is 0. The van der Waals surface area contributed by atoms with Gasteiger partial charge in [0.1, 0.15) is 0 Å². The first-order chi connectivity index (χ1) is 6.92. The topological polar surface area (TPSA) is 25.8 Å². The number of rotatable bonds is 2. The van der Waals surface area contributed by atoms with Crippen LogP contribution < -0.4 is 0 Å². The number of pyridine rings is 2. The summed E-state index contributed by atoms with van der Waals surface area (Å²) in [5.74, 6) is 0. The summed E-state index contributed by atoms with van der Waals surface area (Å²) < 4.78 is 0. The van der Waals surface area contributed by atoms with E-state index in [0.29, 0.717) is 0 Å². The highest BCUT2D eigenvalue weighted by molar-refractivity contribution is 9.08. The van der Waals surface area contributed by atoms with Crippen molar-refractivity contribution >= 4 is 15.9 Å². The van der Waals surface area contributed by atoms with Crippen LogP contribution in [0.15, 0.2) is 42.7 Å². The van der Waals surface area contributed by atoms with Gasteiger partial charge in [0.15, 0.2) is 0 Å². The van der Waals surface area contributed by atoms with Gasteiger partial charge in [-0.1, -0.05) is 28.1 Å². The molecule has 2 aromatic rings. The molecular formula is C11H9BrN2. The van der Waals surface area contributed by atoms with Crippen LogP contribution in [0.2, 0.25) is 0 Å². The van der Waals surface area contributed by atoms with Crippen LogP contribution in [0.4, 0.5) is 0 Å². The SMILES string of the molecule is BrCc1cccnc1-c1ccccn1. The number of aromatic nitrogens is 2. The van der Waals surface area contributed by atoms with Crippen molar-refractivity contribution in [3.63, 3.8) is 0 Å². The maximum absolute atomic E-state index is 4.33. The second-order valence-corrected chi connectivity index (χ2v) is 3.42. The van der Waals surface area contributed by atoms with Crippen molar-refractivity contribution in [1.82, 2.24) is 9.97 Å². The molecule has 0 radical (unpaired) electrons. The Labute approximate surface area is 91.2 Å². The van der Waals surface area contributed by atoms with E-state index in [1.807, 2.05) is 30.3 Å². The first kappa shape index (κ1) is 9.34. The maximum Gasteiger partial charge on any atom is 0.0926 e. The number of hydrogen-bond acceptors (Lipinski definition) is 2. The fourth-order valence-electron chi connectivity index (χ4n) is 1.28. The average molecular weight is 249 g/mol. The van der Waals surface area contributed by atoms with E-state index in [4.69, 9.17) is 0 Å². The third-order valence-corrected chi connectivity index (χ3v) is 2.55. The van der Waals surface area contributed by atoms with Gasteiger partial charge < -0.3 is 0 Å². The number of alkyl halides is 1. The molecule has 0 amide bonds. The van der Waals surface area contributed by atoms with Crippen LogP contribution in [0.5, 0.6) is 0 Å². The highest BCUT2D eigenvalue weighted by atomic mass is 79.9. The van der Waals surface area contributed by atoms with Gasteiger partial charge in [0.05, 0.1) is 11.4 Å². The van der Waals surface area contributed by atoms with Gasteiger partial charge >= 0.3 is 0 Å². The predicted molar refractivity (Wildman–Crippen MR) is 60.1 cm³/mol. The van der Waals surface area contributed by atoms with Crippen molar-refractivity contribution in [3.05, 3.63) is 48.3 Å². The third-order valence-electron chi connectivity index (χ3n) is 1.94. The Morgan fingerprint density at radius 1 is 1.00 bits per heavy atom. The van der Waals surface area contributed by atoms with E-state index >= 15 is 0 Å². The largest absolute Gasteiger partial charge is 0.255 e. The van der Waals surface area contributed by atoms with Gasteiger partial charge in [-0.2, -0.15) is 0 Å². The molecule has 2 rings (SSSR count). The molecule has 14 heavy (non-hydrogen) atoms. The molecule has 0 saturated carbocycles. The van der Waals surface area contributed by atoms with Crippen LogP contribution in [0.3, 0.4) is 0 Å². The minimum absolute atomic E-state index is 0.798. The molecule has 2 aromatic heterocycles. The molecular weight excluding hydrogens is 240 g/mol. The Morgan fingerprint density at radius 3 is 2.57 bits per heavy atom. The fourth-order valence-corrected chi connectivity index (χ4v) is 1.73. The molecule has 0 bridgehead atoms. The Kier molecular flexibility index (Phi) is 2.89. The van der Waals surface area contributed by atoms with Gasteiger partial charge in [0.2, 0.25) is 0 Å². The van der Waals surface area contributed by atoms with Crippen LogP contribution in [0, 0.1) is 0 Å². The summed E-state index contributed by atoms with van der Waals surface area (Å²) in [5, 5.41) is 0.798. The number of hydrogen-bond donors (Lipinski definition) is 0. The minimum Gasteiger partial charge on any atom is -0.255 e. The van der Waals surface area contributed by atoms with Gasteiger partial charge in [-0.25, -0.2) is 0 Å². The lowest BCUT2D eigenvalue weighted by molar-refractivity contribution is 1.21. The molecule has 0 unspecified atom stereocenters. The molecule has 70 valence electrons. The van der Waals surface area contributed by atoms with E-state index in [9.17, 15) is 0 Å². The standard InChI is InChI=1S/C11H9BrN2/c12-8-9-4-3-7-14-11(9)10-5-1-2-6-13-10/h1-7H,8H2. The van der Waals surface area contributed by atoms with E-state index in [1.165, 1.54) is 0 Å². The quantitative estimate of drug-likeness (QED) is 0.764. The third kappa shape index (κ3) is 1.82. The molecule has 0 N–H and O–H groups in total. The Hall–Kier alpha value is -1.22. The second-order valence-electron chi connectivity index (χ2n) is 2.86. The Balaban J connectivity index is 2.51. The number of halogens is 1. The lowest BCUT2D eigenvalue weighted by Crippen LogP contribution is -1.91. The van der Waals surface area contributed by atoms with Gasteiger partial charge in [-0.15, -0.1) is 0 Å². The predicted octanol–water partition coefficient (Wildman–Crippen LogP) is 3.04. The average Bonchev–Trinajstić information content (AvgIpc) is 2.30. The van der Waals surface area contributed by atoms with Crippen LogP contribution in [-0.4, -0.2) is 9.97 Å². The molecule has 0 fully saturated rings. The van der Waals surface area contributed by atoms with E-state index in [-0.39, 0.29) is 0 Å². The molecule has 2 heterocycles. The number of nitrogens with zero attached hydrogens (tertiary/aromatic N) is 2. The van der Waals surface area contributed by atoms with Crippen molar-refractivity contribution in [2.45, 2.75) is 5.33 Å². The van der Waals surface area contributed by atoms with E-state index in [2.05, 4.69) is 25.9 Å². The van der Waals surface area contributed by atoms with Crippen molar-refractivity contribution < 1.29 is 0 Å².